The molecule has 7 aromatic carbocycles. The lowest BCUT2D eigenvalue weighted by Gasteiger charge is -2.19. The van der Waals surface area contributed by atoms with E-state index in [1.807, 2.05) is 18.2 Å². The number of rotatable bonds is 3. The van der Waals surface area contributed by atoms with Crippen LogP contribution in [0.5, 0.6) is 0 Å². The average molecular weight is 475 g/mol. The van der Waals surface area contributed by atoms with Crippen LogP contribution in [0, 0.1) is 5.82 Å². The summed E-state index contributed by atoms with van der Waals surface area (Å²) in [5.74, 6) is -0.225. The van der Waals surface area contributed by atoms with Gasteiger partial charge in [-0.25, -0.2) is 4.39 Å². The molecule has 0 aliphatic heterocycles. The highest BCUT2D eigenvalue weighted by atomic mass is 19.1. The van der Waals surface area contributed by atoms with Gasteiger partial charge >= 0.3 is 0 Å². The minimum Gasteiger partial charge on any atom is -0.207 e. The Morgan fingerprint density at radius 2 is 0.892 bits per heavy atom. The van der Waals surface area contributed by atoms with Crippen LogP contribution in [0.2, 0.25) is 0 Å². The normalized spacial score (nSPS) is 11.4. The van der Waals surface area contributed by atoms with Crippen LogP contribution in [0.4, 0.5) is 4.39 Å². The molecule has 1 heteroatoms. The first-order valence-electron chi connectivity index (χ1n) is 12.6. The molecule has 0 amide bonds. The first kappa shape index (κ1) is 21.5. The van der Waals surface area contributed by atoms with Crippen LogP contribution < -0.4 is 0 Å². The largest absolute Gasteiger partial charge is 0.207 e. The molecule has 0 fully saturated rings. The molecule has 7 rings (SSSR count). The van der Waals surface area contributed by atoms with Gasteiger partial charge in [-0.2, -0.15) is 0 Å². The third kappa shape index (κ3) is 3.68. The monoisotopic (exact) mass is 474 g/mol. The molecule has 0 atom stereocenters. The van der Waals surface area contributed by atoms with Crippen molar-refractivity contribution < 1.29 is 4.39 Å². The molecule has 0 aliphatic carbocycles. The first-order chi connectivity index (χ1) is 18.3. The zero-order valence-electron chi connectivity index (χ0n) is 20.2. The second-order valence-electron chi connectivity index (χ2n) is 9.49. The molecule has 37 heavy (non-hydrogen) atoms. The fourth-order valence-corrected chi connectivity index (χ4v) is 5.57. The summed E-state index contributed by atoms with van der Waals surface area (Å²) in [7, 11) is 0. The molecule has 0 saturated heterocycles. The van der Waals surface area contributed by atoms with Gasteiger partial charge in [-0.3, -0.25) is 0 Å². The second-order valence-corrected chi connectivity index (χ2v) is 9.49. The van der Waals surface area contributed by atoms with Crippen LogP contribution in [0.3, 0.4) is 0 Å². The van der Waals surface area contributed by atoms with Crippen LogP contribution in [-0.2, 0) is 0 Å². The quantitative estimate of drug-likeness (QED) is 0.223. The van der Waals surface area contributed by atoms with Gasteiger partial charge in [0.05, 0.1) is 0 Å². The van der Waals surface area contributed by atoms with Gasteiger partial charge in [0.2, 0.25) is 0 Å². The molecule has 0 aromatic heterocycles. The van der Waals surface area contributed by atoms with Crippen molar-refractivity contribution in [2.24, 2.45) is 0 Å². The molecule has 0 bridgehead atoms. The van der Waals surface area contributed by atoms with Crippen molar-refractivity contribution in [3.8, 4) is 33.4 Å². The summed E-state index contributed by atoms with van der Waals surface area (Å²) in [6.45, 7) is 0. The number of hydrogen-bond donors (Lipinski definition) is 0. The maximum absolute atomic E-state index is 13.9. The fraction of sp³-hybridized carbons (Fsp3) is 0. The predicted octanol–water partition coefficient (Wildman–Crippen LogP) is 10.3. The maximum atomic E-state index is 13.9. The molecule has 0 aliphatic rings. The minimum absolute atomic E-state index is 0.225. The van der Waals surface area contributed by atoms with Gasteiger partial charge in [0.25, 0.3) is 0 Å². The third-order valence-electron chi connectivity index (χ3n) is 7.30. The van der Waals surface area contributed by atoms with Crippen LogP contribution in [0.1, 0.15) is 0 Å². The number of fused-ring (bicyclic) bond motifs is 3. The van der Waals surface area contributed by atoms with Gasteiger partial charge in [0.15, 0.2) is 0 Å². The number of halogens is 1. The number of hydrogen-bond acceptors (Lipinski definition) is 0. The van der Waals surface area contributed by atoms with Gasteiger partial charge in [-0.05, 0) is 90.0 Å². The van der Waals surface area contributed by atoms with E-state index in [4.69, 9.17) is 0 Å². The van der Waals surface area contributed by atoms with E-state index in [0.29, 0.717) is 0 Å². The van der Waals surface area contributed by atoms with E-state index < -0.39 is 0 Å². The molecule has 0 unspecified atom stereocenters. The van der Waals surface area contributed by atoms with E-state index in [1.54, 1.807) is 12.1 Å². The van der Waals surface area contributed by atoms with E-state index in [2.05, 4.69) is 109 Å². The molecular weight excluding hydrogens is 451 g/mol. The van der Waals surface area contributed by atoms with Gasteiger partial charge in [0, 0.05) is 0 Å². The van der Waals surface area contributed by atoms with Crippen molar-refractivity contribution in [1.82, 2.24) is 0 Å². The topological polar surface area (TPSA) is 0 Å². The van der Waals surface area contributed by atoms with E-state index in [1.165, 1.54) is 43.8 Å². The van der Waals surface area contributed by atoms with Crippen molar-refractivity contribution in [2.75, 3.05) is 0 Å². The Bertz CT molecular complexity index is 1920. The Balaban J connectivity index is 1.63. The Kier molecular flexibility index (Phi) is 5.08. The highest BCUT2D eigenvalue weighted by Gasteiger charge is 2.17. The van der Waals surface area contributed by atoms with Crippen molar-refractivity contribution in [1.29, 1.82) is 0 Å². The minimum atomic E-state index is -0.225. The lowest BCUT2D eigenvalue weighted by atomic mass is 9.84. The molecule has 7 aromatic rings. The Morgan fingerprint density at radius 1 is 0.324 bits per heavy atom. The van der Waals surface area contributed by atoms with Crippen molar-refractivity contribution >= 4 is 32.3 Å². The number of benzene rings is 7. The zero-order valence-corrected chi connectivity index (χ0v) is 20.2. The molecular formula is C36H23F. The standard InChI is InChI=1S/C36H23F/c37-30-19-16-26(17-20-30)35-31-12-6-7-13-32(31)36(29-15-14-25-10-4-5-11-27(25)22-29)34-23-28(18-21-33(34)35)24-8-2-1-3-9-24/h1-23H. The van der Waals surface area contributed by atoms with Crippen molar-refractivity contribution in [2.45, 2.75) is 0 Å². The summed E-state index contributed by atoms with van der Waals surface area (Å²) in [6.07, 6.45) is 0. The highest BCUT2D eigenvalue weighted by Crippen LogP contribution is 2.45. The van der Waals surface area contributed by atoms with E-state index >= 15 is 0 Å². The lowest BCUT2D eigenvalue weighted by molar-refractivity contribution is 0.628. The molecule has 174 valence electrons. The van der Waals surface area contributed by atoms with Crippen LogP contribution >= 0.6 is 0 Å². The van der Waals surface area contributed by atoms with Crippen molar-refractivity contribution in [3.05, 3.63) is 145 Å². The van der Waals surface area contributed by atoms with Crippen LogP contribution in [-0.4, -0.2) is 0 Å². The van der Waals surface area contributed by atoms with Crippen LogP contribution in [0.25, 0.3) is 65.7 Å². The second kappa shape index (κ2) is 8.72. The highest BCUT2D eigenvalue weighted by molar-refractivity contribution is 6.22. The summed E-state index contributed by atoms with van der Waals surface area (Å²) in [4.78, 5) is 0. The SMILES string of the molecule is Fc1ccc(-c2c3ccccc3c(-c3ccc4ccccc4c3)c3cc(-c4ccccc4)ccc23)cc1. The first-order valence-corrected chi connectivity index (χ1v) is 12.6. The van der Waals surface area contributed by atoms with Gasteiger partial charge in [0.1, 0.15) is 5.82 Å². The lowest BCUT2D eigenvalue weighted by Crippen LogP contribution is -1.92. The summed E-state index contributed by atoms with van der Waals surface area (Å²) < 4.78 is 13.9. The summed E-state index contributed by atoms with van der Waals surface area (Å²) >= 11 is 0. The molecule has 0 nitrogen and oxygen atoms in total. The smallest absolute Gasteiger partial charge is 0.123 e. The molecule has 0 heterocycles. The third-order valence-corrected chi connectivity index (χ3v) is 7.30. The summed E-state index contributed by atoms with van der Waals surface area (Å²) in [5, 5.41) is 7.15. The van der Waals surface area contributed by atoms with Crippen molar-refractivity contribution in [3.63, 3.8) is 0 Å². The average Bonchev–Trinajstić information content (AvgIpc) is 2.96. The Morgan fingerprint density at radius 3 is 1.65 bits per heavy atom. The van der Waals surface area contributed by atoms with E-state index in [-0.39, 0.29) is 5.82 Å². The molecule has 0 radical (unpaired) electrons. The van der Waals surface area contributed by atoms with Crippen LogP contribution in [0.15, 0.2) is 140 Å². The summed E-state index contributed by atoms with van der Waals surface area (Å²) in [6, 6.07) is 47.9. The van der Waals surface area contributed by atoms with Gasteiger partial charge < -0.3 is 0 Å². The van der Waals surface area contributed by atoms with Gasteiger partial charge in [-0.15, -0.1) is 0 Å². The Labute approximate surface area is 215 Å². The molecule has 0 N–H and O–H groups in total. The fourth-order valence-electron chi connectivity index (χ4n) is 5.57. The Hall–Kier alpha value is -4.75. The summed E-state index contributed by atoms with van der Waals surface area (Å²) in [5.41, 5.74) is 6.92. The van der Waals surface area contributed by atoms with Gasteiger partial charge in [-0.1, -0.05) is 115 Å². The zero-order chi connectivity index (χ0) is 24.8. The molecule has 0 saturated carbocycles. The predicted molar refractivity (Wildman–Crippen MR) is 155 cm³/mol. The van der Waals surface area contributed by atoms with E-state index in [0.717, 1.165) is 21.9 Å². The molecule has 0 spiro atoms. The van der Waals surface area contributed by atoms with E-state index in [9.17, 15) is 4.39 Å². The maximum Gasteiger partial charge on any atom is 0.123 e.